The summed E-state index contributed by atoms with van der Waals surface area (Å²) in [5, 5.41) is 3.19. The molecule has 0 amide bonds. The third-order valence-electron chi connectivity index (χ3n) is 2.76. The fraction of sp³-hybridized carbons (Fsp3) is 0.545. The summed E-state index contributed by atoms with van der Waals surface area (Å²) in [7, 11) is 1.96. The van der Waals surface area contributed by atoms with Crippen LogP contribution >= 0.6 is 0 Å². The normalized spacial score (nSPS) is 15.9. The van der Waals surface area contributed by atoms with Crippen molar-refractivity contribution in [3.63, 3.8) is 0 Å². The van der Waals surface area contributed by atoms with E-state index in [1.165, 1.54) is 24.0 Å². The van der Waals surface area contributed by atoms with Crippen LogP contribution in [0.3, 0.4) is 0 Å². The number of nitrogens with one attached hydrogen (secondary N) is 1. The predicted octanol–water partition coefficient (Wildman–Crippen LogP) is 1.57. The molecule has 0 spiro atoms. The molecule has 0 radical (unpaired) electrons. The van der Waals surface area contributed by atoms with Crippen molar-refractivity contribution >= 4 is 5.82 Å². The van der Waals surface area contributed by atoms with Crippen LogP contribution in [0.25, 0.3) is 0 Å². The van der Waals surface area contributed by atoms with Crippen molar-refractivity contribution < 1.29 is 0 Å². The number of hydrogen-bond acceptors (Lipinski definition) is 3. The fourth-order valence-corrected chi connectivity index (χ4v) is 1.91. The third kappa shape index (κ3) is 1.73. The van der Waals surface area contributed by atoms with Gasteiger partial charge in [0.05, 0.1) is 0 Å². The summed E-state index contributed by atoms with van der Waals surface area (Å²) >= 11 is 0. The second kappa shape index (κ2) is 3.58. The Balaban J connectivity index is 2.42. The molecule has 3 N–H and O–H groups in total. The number of aryl methyl sites for hydroxylation is 1. The Hall–Kier alpha value is -1.09. The molecule has 0 aliphatic heterocycles. The molecule has 0 atom stereocenters. The Morgan fingerprint density at radius 1 is 1.57 bits per heavy atom. The summed E-state index contributed by atoms with van der Waals surface area (Å²) in [4.78, 5) is 4.30. The van der Waals surface area contributed by atoms with E-state index in [2.05, 4.69) is 10.3 Å². The van der Waals surface area contributed by atoms with Crippen LogP contribution in [0.1, 0.15) is 35.6 Å². The molecule has 0 saturated heterocycles. The van der Waals surface area contributed by atoms with Crippen LogP contribution in [0.5, 0.6) is 0 Å². The molecule has 1 aliphatic carbocycles. The minimum Gasteiger partial charge on any atom is -0.384 e. The van der Waals surface area contributed by atoms with Crippen molar-refractivity contribution in [2.75, 3.05) is 12.8 Å². The summed E-state index contributed by atoms with van der Waals surface area (Å²) in [6, 6.07) is 2.04. The van der Waals surface area contributed by atoms with E-state index in [-0.39, 0.29) is 0 Å². The van der Waals surface area contributed by atoms with Crippen LogP contribution in [0.4, 0.5) is 5.82 Å². The van der Waals surface area contributed by atoms with Gasteiger partial charge in [-0.15, -0.1) is 0 Å². The Bertz CT molecular complexity index is 343. The van der Waals surface area contributed by atoms with Crippen LogP contribution in [-0.4, -0.2) is 12.0 Å². The lowest BCUT2D eigenvalue weighted by Crippen LogP contribution is -2.11. The van der Waals surface area contributed by atoms with Crippen LogP contribution in [-0.2, 0) is 6.54 Å². The SMILES string of the molecule is CNCc1c(C2CC2)cc(N)nc1C. The van der Waals surface area contributed by atoms with Gasteiger partial charge in [0.15, 0.2) is 0 Å². The molecule has 0 unspecified atom stereocenters. The van der Waals surface area contributed by atoms with Crippen LogP contribution in [0, 0.1) is 6.92 Å². The first-order valence-electron chi connectivity index (χ1n) is 5.13. The number of hydrogen-bond donors (Lipinski definition) is 2. The highest BCUT2D eigenvalue weighted by Gasteiger charge is 2.27. The maximum Gasteiger partial charge on any atom is 0.123 e. The summed E-state index contributed by atoms with van der Waals surface area (Å²) < 4.78 is 0. The molecule has 2 rings (SSSR count). The van der Waals surface area contributed by atoms with Gasteiger partial charge in [-0.1, -0.05) is 0 Å². The number of nitrogens with zero attached hydrogens (tertiary/aromatic N) is 1. The average molecular weight is 191 g/mol. The molecular weight excluding hydrogens is 174 g/mol. The molecule has 1 aromatic rings. The zero-order chi connectivity index (χ0) is 10.1. The molecule has 1 heterocycles. The van der Waals surface area contributed by atoms with E-state index in [4.69, 9.17) is 5.73 Å². The highest BCUT2D eigenvalue weighted by molar-refractivity contribution is 5.44. The fourth-order valence-electron chi connectivity index (χ4n) is 1.91. The second-order valence-corrected chi connectivity index (χ2v) is 4.00. The molecule has 1 aromatic heterocycles. The van der Waals surface area contributed by atoms with E-state index in [0.29, 0.717) is 5.82 Å². The van der Waals surface area contributed by atoms with Gasteiger partial charge in [-0.25, -0.2) is 4.98 Å². The second-order valence-electron chi connectivity index (χ2n) is 4.00. The number of anilines is 1. The van der Waals surface area contributed by atoms with E-state index in [0.717, 1.165) is 18.2 Å². The smallest absolute Gasteiger partial charge is 0.123 e. The van der Waals surface area contributed by atoms with Gasteiger partial charge in [-0.3, -0.25) is 0 Å². The van der Waals surface area contributed by atoms with E-state index in [1.54, 1.807) is 0 Å². The van der Waals surface area contributed by atoms with Crippen molar-refractivity contribution in [3.05, 3.63) is 22.9 Å². The van der Waals surface area contributed by atoms with E-state index in [1.807, 2.05) is 20.0 Å². The van der Waals surface area contributed by atoms with E-state index < -0.39 is 0 Å². The average Bonchev–Trinajstić information content (AvgIpc) is 2.92. The lowest BCUT2D eigenvalue weighted by molar-refractivity contribution is 0.790. The monoisotopic (exact) mass is 191 g/mol. The maximum absolute atomic E-state index is 5.76. The first-order chi connectivity index (χ1) is 6.72. The molecule has 76 valence electrons. The van der Waals surface area contributed by atoms with Gasteiger partial charge in [-0.05, 0) is 49.9 Å². The zero-order valence-corrected chi connectivity index (χ0v) is 8.80. The van der Waals surface area contributed by atoms with Crippen molar-refractivity contribution in [1.82, 2.24) is 10.3 Å². The van der Waals surface area contributed by atoms with E-state index >= 15 is 0 Å². The molecule has 0 bridgehead atoms. The molecule has 1 aliphatic rings. The highest BCUT2D eigenvalue weighted by atomic mass is 14.9. The number of pyridine rings is 1. The molecule has 3 heteroatoms. The largest absolute Gasteiger partial charge is 0.384 e. The molecule has 1 saturated carbocycles. The topological polar surface area (TPSA) is 50.9 Å². The van der Waals surface area contributed by atoms with Crippen molar-refractivity contribution in [2.45, 2.75) is 32.2 Å². The number of rotatable bonds is 3. The van der Waals surface area contributed by atoms with Crippen LogP contribution < -0.4 is 11.1 Å². The molecule has 3 nitrogen and oxygen atoms in total. The molecule has 14 heavy (non-hydrogen) atoms. The van der Waals surface area contributed by atoms with Crippen molar-refractivity contribution in [3.8, 4) is 0 Å². The molecule has 0 aromatic carbocycles. The van der Waals surface area contributed by atoms with Gasteiger partial charge in [0.25, 0.3) is 0 Å². The van der Waals surface area contributed by atoms with Gasteiger partial charge >= 0.3 is 0 Å². The van der Waals surface area contributed by atoms with Gasteiger partial charge in [0.2, 0.25) is 0 Å². The standard InChI is InChI=1S/C11H17N3/c1-7-10(6-13-2)9(8-3-4-8)5-11(12)14-7/h5,8,13H,3-4,6H2,1-2H3,(H2,12,14). The first-order valence-corrected chi connectivity index (χ1v) is 5.13. The zero-order valence-electron chi connectivity index (χ0n) is 8.80. The third-order valence-corrected chi connectivity index (χ3v) is 2.76. The Labute approximate surface area is 84.7 Å². The quantitative estimate of drug-likeness (QED) is 0.762. The van der Waals surface area contributed by atoms with Crippen molar-refractivity contribution in [2.24, 2.45) is 0 Å². The first kappa shape index (κ1) is 9.46. The lowest BCUT2D eigenvalue weighted by Gasteiger charge is -2.12. The van der Waals surface area contributed by atoms with Crippen molar-refractivity contribution in [1.29, 1.82) is 0 Å². The van der Waals surface area contributed by atoms with Gasteiger partial charge in [0, 0.05) is 12.2 Å². The van der Waals surface area contributed by atoms with Gasteiger partial charge < -0.3 is 11.1 Å². The van der Waals surface area contributed by atoms with Crippen LogP contribution in [0.15, 0.2) is 6.07 Å². The lowest BCUT2D eigenvalue weighted by atomic mass is 10.0. The summed E-state index contributed by atoms with van der Waals surface area (Å²) in [5.41, 5.74) is 9.57. The Morgan fingerprint density at radius 2 is 2.29 bits per heavy atom. The summed E-state index contributed by atoms with van der Waals surface area (Å²) in [5.74, 6) is 1.40. The minimum absolute atomic E-state index is 0.657. The van der Waals surface area contributed by atoms with E-state index in [9.17, 15) is 0 Å². The summed E-state index contributed by atoms with van der Waals surface area (Å²) in [6.45, 7) is 2.93. The molecular formula is C11H17N3. The van der Waals surface area contributed by atoms with Crippen LogP contribution in [0.2, 0.25) is 0 Å². The number of nitrogens with two attached hydrogens (primary N) is 1. The predicted molar refractivity (Wildman–Crippen MR) is 58.1 cm³/mol. The maximum atomic E-state index is 5.76. The Morgan fingerprint density at radius 3 is 2.86 bits per heavy atom. The highest BCUT2D eigenvalue weighted by Crippen LogP contribution is 2.42. The molecule has 1 fully saturated rings. The number of aromatic nitrogens is 1. The van der Waals surface area contributed by atoms with Gasteiger partial charge in [0.1, 0.15) is 5.82 Å². The number of nitrogen functional groups attached to an aromatic ring is 1. The Kier molecular flexibility index (Phi) is 2.42. The van der Waals surface area contributed by atoms with Gasteiger partial charge in [-0.2, -0.15) is 0 Å². The minimum atomic E-state index is 0.657. The summed E-state index contributed by atoms with van der Waals surface area (Å²) in [6.07, 6.45) is 2.61.